The van der Waals surface area contributed by atoms with Crippen molar-refractivity contribution in [3.63, 3.8) is 0 Å². The van der Waals surface area contributed by atoms with Crippen LogP contribution in [0.1, 0.15) is 119 Å². The molecule has 0 spiro atoms. The molecule has 0 saturated carbocycles. The molecule has 0 aliphatic carbocycles. The van der Waals surface area contributed by atoms with Gasteiger partial charge in [0.05, 0.1) is 0 Å². The summed E-state index contributed by atoms with van der Waals surface area (Å²) < 4.78 is 21.0. The zero-order valence-electron chi connectivity index (χ0n) is 22.8. The quantitative estimate of drug-likeness (QED) is 0.0924. The SMILES string of the molecule is CCCCP(CCCC)O[Si](C)(OP(CCCC)CCCC)OP(CCCC)CCCC. The van der Waals surface area contributed by atoms with Gasteiger partial charge in [0.25, 0.3) is 0 Å². The van der Waals surface area contributed by atoms with Gasteiger partial charge in [-0.3, -0.25) is 0 Å². The van der Waals surface area contributed by atoms with Crippen LogP contribution in [-0.4, -0.2) is 45.8 Å². The summed E-state index contributed by atoms with van der Waals surface area (Å²) >= 11 is 0. The van der Waals surface area contributed by atoms with Crippen molar-refractivity contribution < 1.29 is 12.6 Å². The number of unbranched alkanes of at least 4 members (excludes halogenated alkanes) is 6. The van der Waals surface area contributed by atoms with Crippen LogP contribution in [0.5, 0.6) is 0 Å². The lowest BCUT2D eigenvalue weighted by molar-refractivity contribution is 0.309. The molecule has 0 aliphatic rings. The van der Waals surface area contributed by atoms with E-state index in [-0.39, 0.29) is 0 Å². The Morgan fingerprint density at radius 2 is 0.594 bits per heavy atom. The molecule has 0 unspecified atom stereocenters. The average molecular weight is 527 g/mol. The summed E-state index contributed by atoms with van der Waals surface area (Å²) in [4.78, 5) is 0. The van der Waals surface area contributed by atoms with Crippen molar-refractivity contribution in [2.75, 3.05) is 37.0 Å². The van der Waals surface area contributed by atoms with Gasteiger partial charge in [0.15, 0.2) is 0 Å². The Bertz CT molecular complexity index is 326. The smallest absolute Gasteiger partial charge is 0.350 e. The van der Waals surface area contributed by atoms with E-state index in [1.807, 2.05) is 0 Å². The van der Waals surface area contributed by atoms with Gasteiger partial charge in [-0.1, -0.05) is 80.1 Å². The van der Waals surface area contributed by atoms with E-state index in [2.05, 4.69) is 48.1 Å². The molecule has 7 heteroatoms. The van der Waals surface area contributed by atoms with Crippen molar-refractivity contribution >= 4 is 33.3 Å². The Kier molecular flexibility index (Phi) is 23.8. The normalized spacial score (nSPS) is 12.6. The summed E-state index contributed by atoms with van der Waals surface area (Å²) in [7, 11) is -3.97. The molecule has 0 rings (SSSR count). The lowest BCUT2D eigenvalue weighted by Crippen LogP contribution is -2.39. The second-order valence-electron chi connectivity index (χ2n) is 9.04. The van der Waals surface area contributed by atoms with E-state index in [0.717, 1.165) is 0 Å². The van der Waals surface area contributed by atoms with Crippen LogP contribution in [0.15, 0.2) is 0 Å². The van der Waals surface area contributed by atoms with Crippen molar-refractivity contribution in [2.24, 2.45) is 0 Å². The average Bonchev–Trinajstić information content (AvgIpc) is 2.79. The van der Waals surface area contributed by atoms with Gasteiger partial charge in [0, 0.05) is 31.0 Å². The molecular weight excluding hydrogens is 469 g/mol. The predicted octanol–water partition coefficient (Wildman–Crippen LogP) is 10.6. The minimum atomic E-state index is -2.65. The van der Waals surface area contributed by atoms with Crippen LogP contribution >= 0.6 is 24.4 Å². The Balaban J connectivity index is 5.57. The predicted molar refractivity (Wildman–Crippen MR) is 154 cm³/mol. The first-order chi connectivity index (χ1) is 15.5. The molecule has 0 N–H and O–H groups in total. The van der Waals surface area contributed by atoms with Crippen LogP contribution < -0.4 is 0 Å². The van der Waals surface area contributed by atoms with Gasteiger partial charge in [-0.05, 0) is 75.5 Å². The standard InChI is InChI=1S/C25H57O3P3Si/c1-8-14-20-29(21-15-9-2)26-32(7,27-30(22-16-10-3)23-17-11-4)28-31(24-18-12-5)25-19-13-6/h8-25H2,1-7H3. The van der Waals surface area contributed by atoms with Gasteiger partial charge in [0.1, 0.15) is 0 Å². The molecule has 0 amide bonds. The van der Waals surface area contributed by atoms with Gasteiger partial charge >= 0.3 is 8.80 Å². The molecule has 0 aromatic heterocycles. The van der Waals surface area contributed by atoms with Gasteiger partial charge in [0.2, 0.25) is 0 Å². The lowest BCUT2D eigenvalue weighted by Gasteiger charge is -2.36. The van der Waals surface area contributed by atoms with Crippen LogP contribution in [0.25, 0.3) is 0 Å². The fourth-order valence-corrected chi connectivity index (χ4v) is 17.2. The monoisotopic (exact) mass is 526 g/mol. The van der Waals surface area contributed by atoms with Crippen LogP contribution in [0.2, 0.25) is 6.55 Å². The number of hydrogen-bond donors (Lipinski definition) is 0. The van der Waals surface area contributed by atoms with E-state index in [9.17, 15) is 0 Å². The van der Waals surface area contributed by atoms with Crippen molar-refractivity contribution in [1.29, 1.82) is 0 Å². The van der Waals surface area contributed by atoms with Gasteiger partial charge in [-0.25, -0.2) is 0 Å². The first-order valence-corrected chi connectivity index (χ1v) is 20.9. The molecule has 0 aliphatic heterocycles. The third-order valence-electron chi connectivity index (χ3n) is 5.45. The van der Waals surface area contributed by atoms with Crippen LogP contribution in [-0.2, 0) is 12.6 Å². The Labute approximate surface area is 207 Å². The van der Waals surface area contributed by atoms with Crippen LogP contribution in [0.3, 0.4) is 0 Å². The fourth-order valence-electron chi connectivity index (χ4n) is 3.37. The lowest BCUT2D eigenvalue weighted by atomic mass is 10.4. The molecule has 0 bridgehead atoms. The molecule has 0 atom stereocenters. The first kappa shape index (κ1) is 33.4. The Morgan fingerprint density at radius 1 is 0.406 bits per heavy atom. The summed E-state index contributed by atoms with van der Waals surface area (Å²) in [6.45, 7) is 16.0. The third kappa shape index (κ3) is 17.8. The Morgan fingerprint density at radius 3 is 0.750 bits per heavy atom. The maximum absolute atomic E-state index is 7.01. The van der Waals surface area contributed by atoms with E-state index in [1.165, 1.54) is 114 Å². The second kappa shape index (κ2) is 22.8. The zero-order valence-corrected chi connectivity index (χ0v) is 26.5. The molecule has 194 valence electrons. The van der Waals surface area contributed by atoms with E-state index in [0.29, 0.717) is 0 Å². The maximum atomic E-state index is 7.01. The summed E-state index contributed by atoms with van der Waals surface area (Å²) in [5.74, 6) is 0. The molecule has 0 heterocycles. The fraction of sp³-hybridized carbons (Fsp3) is 1.00. The van der Waals surface area contributed by atoms with Gasteiger partial charge in [-0.2, -0.15) is 0 Å². The highest BCUT2D eigenvalue weighted by Crippen LogP contribution is 2.53. The molecule has 0 radical (unpaired) electrons. The van der Waals surface area contributed by atoms with Crippen molar-refractivity contribution in [3.8, 4) is 0 Å². The molecule has 0 saturated heterocycles. The summed E-state index contributed by atoms with van der Waals surface area (Å²) in [6, 6.07) is 0. The van der Waals surface area contributed by atoms with Crippen molar-refractivity contribution in [2.45, 2.75) is 125 Å². The van der Waals surface area contributed by atoms with Crippen molar-refractivity contribution in [3.05, 3.63) is 0 Å². The van der Waals surface area contributed by atoms with E-state index >= 15 is 0 Å². The highest BCUT2D eigenvalue weighted by Gasteiger charge is 2.42. The third-order valence-corrected chi connectivity index (χ3v) is 17.4. The Hall–Kier alpha value is 1.39. The van der Waals surface area contributed by atoms with E-state index < -0.39 is 33.3 Å². The number of hydrogen-bond acceptors (Lipinski definition) is 3. The molecule has 3 nitrogen and oxygen atoms in total. The summed E-state index contributed by atoms with van der Waals surface area (Å²) in [6.07, 6.45) is 22.3. The van der Waals surface area contributed by atoms with Crippen LogP contribution in [0.4, 0.5) is 0 Å². The second-order valence-corrected chi connectivity index (χ2v) is 18.5. The highest BCUT2D eigenvalue weighted by molar-refractivity contribution is 7.58. The van der Waals surface area contributed by atoms with Crippen molar-refractivity contribution in [1.82, 2.24) is 0 Å². The molecule has 32 heavy (non-hydrogen) atoms. The summed E-state index contributed by atoms with van der Waals surface area (Å²) in [5, 5.41) is 0. The molecule has 0 aromatic rings. The van der Waals surface area contributed by atoms with Gasteiger partial charge < -0.3 is 12.6 Å². The van der Waals surface area contributed by atoms with E-state index in [4.69, 9.17) is 12.6 Å². The zero-order chi connectivity index (χ0) is 24.1. The number of rotatable bonds is 24. The molecule has 0 fully saturated rings. The minimum Gasteiger partial charge on any atom is -0.350 e. The topological polar surface area (TPSA) is 27.7 Å². The van der Waals surface area contributed by atoms with E-state index in [1.54, 1.807) is 0 Å². The van der Waals surface area contributed by atoms with Gasteiger partial charge in [-0.15, -0.1) is 0 Å². The van der Waals surface area contributed by atoms with Crippen LogP contribution in [0, 0.1) is 0 Å². The molecule has 0 aromatic carbocycles. The molecular formula is C25H57O3P3Si. The minimum absolute atomic E-state index is 0.441. The summed E-state index contributed by atoms with van der Waals surface area (Å²) in [5.41, 5.74) is 0. The first-order valence-electron chi connectivity index (χ1n) is 13.8. The largest absolute Gasteiger partial charge is 0.507 e. The maximum Gasteiger partial charge on any atom is 0.507 e. The highest BCUT2D eigenvalue weighted by atomic mass is 31.2.